The molecule has 3 N–H and O–H groups in total. The van der Waals surface area contributed by atoms with Crippen molar-refractivity contribution in [2.45, 2.75) is 40.7 Å². The van der Waals surface area contributed by atoms with Crippen LogP contribution in [0.15, 0.2) is 0 Å². The van der Waals surface area contributed by atoms with Crippen LogP contribution in [0, 0.1) is 11.3 Å². The Kier molecular flexibility index (Phi) is 7.95. The van der Waals surface area contributed by atoms with Gasteiger partial charge in [0, 0.05) is 25.1 Å². The van der Waals surface area contributed by atoms with E-state index in [1.165, 1.54) is 0 Å². The molecule has 0 aliphatic rings. The molecule has 0 fully saturated rings. The minimum atomic E-state index is -0.443. The summed E-state index contributed by atoms with van der Waals surface area (Å²) in [6, 6.07) is -0.223. The van der Waals surface area contributed by atoms with Crippen molar-refractivity contribution in [3.8, 4) is 0 Å². The Morgan fingerprint density at radius 3 is 2.44 bits per heavy atom. The zero-order chi connectivity index (χ0) is 14.2. The fourth-order valence-electron chi connectivity index (χ4n) is 1.76. The molecule has 0 aromatic rings. The molecule has 0 aliphatic heterocycles. The molecule has 1 unspecified atom stereocenters. The van der Waals surface area contributed by atoms with E-state index in [0.29, 0.717) is 26.3 Å². The van der Waals surface area contributed by atoms with E-state index in [2.05, 4.69) is 10.6 Å². The van der Waals surface area contributed by atoms with Crippen LogP contribution in [0.25, 0.3) is 0 Å². The molecule has 0 aromatic heterocycles. The smallest absolute Gasteiger partial charge is 0.314 e. The summed E-state index contributed by atoms with van der Waals surface area (Å²) < 4.78 is 5.12. The quantitative estimate of drug-likeness (QED) is 0.577. The maximum Gasteiger partial charge on any atom is 0.314 e. The van der Waals surface area contributed by atoms with Gasteiger partial charge < -0.3 is 20.5 Å². The lowest BCUT2D eigenvalue weighted by atomic mass is 9.81. The first kappa shape index (κ1) is 17.2. The van der Waals surface area contributed by atoms with Crippen LogP contribution in [-0.2, 0) is 4.74 Å². The SMILES string of the molecule is CCOCCNC(=O)NCC(C)(C)C(O)C(C)C. The maximum atomic E-state index is 11.5. The Balaban J connectivity index is 3.89. The molecular weight excluding hydrogens is 232 g/mol. The minimum absolute atomic E-state index is 0.169. The van der Waals surface area contributed by atoms with Gasteiger partial charge in [0.05, 0.1) is 12.7 Å². The van der Waals surface area contributed by atoms with Crippen LogP contribution in [0.3, 0.4) is 0 Å². The lowest BCUT2D eigenvalue weighted by Gasteiger charge is -2.33. The second-order valence-corrected chi connectivity index (χ2v) is 5.48. The van der Waals surface area contributed by atoms with E-state index in [-0.39, 0.29) is 17.4 Å². The van der Waals surface area contributed by atoms with E-state index in [9.17, 15) is 9.90 Å². The third-order valence-corrected chi connectivity index (χ3v) is 2.87. The Bertz CT molecular complexity index is 242. The number of carbonyl (C=O) groups is 1. The highest BCUT2D eigenvalue weighted by atomic mass is 16.5. The summed E-state index contributed by atoms with van der Waals surface area (Å²) in [4.78, 5) is 11.5. The van der Waals surface area contributed by atoms with Gasteiger partial charge in [0.2, 0.25) is 0 Å². The minimum Gasteiger partial charge on any atom is -0.392 e. The molecular formula is C13H28N2O3. The predicted molar refractivity (Wildman–Crippen MR) is 72.5 cm³/mol. The first-order chi connectivity index (χ1) is 8.31. The Hall–Kier alpha value is -0.810. The Morgan fingerprint density at radius 1 is 1.33 bits per heavy atom. The van der Waals surface area contributed by atoms with Crippen molar-refractivity contribution in [1.29, 1.82) is 0 Å². The molecule has 0 bridgehead atoms. The third-order valence-electron chi connectivity index (χ3n) is 2.87. The predicted octanol–water partition coefficient (Wildman–Crippen LogP) is 1.37. The van der Waals surface area contributed by atoms with Gasteiger partial charge in [0.25, 0.3) is 0 Å². The van der Waals surface area contributed by atoms with Crippen LogP contribution in [-0.4, -0.2) is 43.5 Å². The summed E-state index contributed by atoms with van der Waals surface area (Å²) >= 11 is 0. The average Bonchev–Trinajstić information content (AvgIpc) is 2.31. The van der Waals surface area contributed by atoms with Gasteiger partial charge in [0.15, 0.2) is 0 Å². The van der Waals surface area contributed by atoms with E-state index in [4.69, 9.17) is 4.74 Å². The van der Waals surface area contributed by atoms with E-state index in [1.54, 1.807) is 0 Å². The molecule has 0 heterocycles. The fraction of sp³-hybridized carbons (Fsp3) is 0.923. The summed E-state index contributed by atoms with van der Waals surface area (Å²) in [5, 5.41) is 15.5. The largest absolute Gasteiger partial charge is 0.392 e. The van der Waals surface area contributed by atoms with Crippen molar-refractivity contribution >= 4 is 6.03 Å². The van der Waals surface area contributed by atoms with E-state index < -0.39 is 6.10 Å². The third kappa shape index (κ3) is 6.81. The number of hydrogen-bond acceptors (Lipinski definition) is 3. The zero-order valence-corrected chi connectivity index (χ0v) is 12.2. The van der Waals surface area contributed by atoms with Gasteiger partial charge in [-0.25, -0.2) is 4.79 Å². The number of amides is 2. The summed E-state index contributed by atoms with van der Waals surface area (Å²) in [5.41, 5.74) is -0.342. The lowest BCUT2D eigenvalue weighted by molar-refractivity contribution is 0.0151. The van der Waals surface area contributed by atoms with Crippen molar-refractivity contribution in [3.63, 3.8) is 0 Å². The van der Waals surface area contributed by atoms with Crippen molar-refractivity contribution in [3.05, 3.63) is 0 Å². The van der Waals surface area contributed by atoms with Crippen molar-refractivity contribution in [2.24, 2.45) is 11.3 Å². The van der Waals surface area contributed by atoms with Crippen LogP contribution >= 0.6 is 0 Å². The van der Waals surface area contributed by atoms with Crippen molar-refractivity contribution in [2.75, 3.05) is 26.3 Å². The van der Waals surface area contributed by atoms with Gasteiger partial charge in [-0.3, -0.25) is 0 Å². The number of aliphatic hydroxyl groups is 1. The van der Waals surface area contributed by atoms with Crippen LogP contribution in [0.1, 0.15) is 34.6 Å². The van der Waals surface area contributed by atoms with Crippen molar-refractivity contribution < 1.29 is 14.6 Å². The topological polar surface area (TPSA) is 70.6 Å². The number of nitrogens with one attached hydrogen (secondary N) is 2. The molecule has 0 saturated carbocycles. The highest BCUT2D eigenvalue weighted by Crippen LogP contribution is 2.24. The van der Waals surface area contributed by atoms with Gasteiger partial charge in [-0.2, -0.15) is 0 Å². The average molecular weight is 260 g/mol. The van der Waals surface area contributed by atoms with E-state index in [1.807, 2.05) is 34.6 Å². The number of carbonyl (C=O) groups excluding carboxylic acids is 1. The van der Waals surface area contributed by atoms with E-state index in [0.717, 1.165) is 0 Å². The molecule has 0 radical (unpaired) electrons. The molecule has 0 aliphatic carbocycles. The van der Waals surface area contributed by atoms with Gasteiger partial charge >= 0.3 is 6.03 Å². The molecule has 0 spiro atoms. The first-order valence-corrected chi connectivity index (χ1v) is 6.58. The number of ether oxygens (including phenoxy) is 1. The molecule has 0 saturated heterocycles. The van der Waals surface area contributed by atoms with Gasteiger partial charge in [-0.15, -0.1) is 0 Å². The number of urea groups is 1. The molecule has 18 heavy (non-hydrogen) atoms. The summed E-state index contributed by atoms with van der Waals surface area (Å²) in [5.74, 6) is 0.169. The summed E-state index contributed by atoms with van der Waals surface area (Å²) in [6.07, 6.45) is -0.443. The number of hydrogen-bond donors (Lipinski definition) is 3. The highest BCUT2D eigenvalue weighted by molar-refractivity contribution is 5.73. The van der Waals surface area contributed by atoms with Gasteiger partial charge in [-0.1, -0.05) is 27.7 Å². The second-order valence-electron chi connectivity index (χ2n) is 5.48. The molecule has 108 valence electrons. The number of aliphatic hydroxyl groups excluding tert-OH is 1. The van der Waals surface area contributed by atoms with Crippen LogP contribution in [0.2, 0.25) is 0 Å². The van der Waals surface area contributed by atoms with Gasteiger partial charge in [-0.05, 0) is 12.8 Å². The molecule has 2 amide bonds. The van der Waals surface area contributed by atoms with Crippen LogP contribution in [0.5, 0.6) is 0 Å². The molecule has 1 atom stereocenters. The lowest BCUT2D eigenvalue weighted by Crippen LogP contribution is -2.46. The zero-order valence-electron chi connectivity index (χ0n) is 12.2. The standard InChI is InChI=1S/C13H28N2O3/c1-6-18-8-7-14-12(17)15-9-13(4,5)11(16)10(2)3/h10-11,16H,6-9H2,1-5H3,(H2,14,15,17). The second kappa shape index (κ2) is 8.32. The monoisotopic (exact) mass is 260 g/mol. The van der Waals surface area contributed by atoms with Crippen LogP contribution < -0.4 is 10.6 Å². The normalized spacial score (nSPS) is 13.5. The molecule has 5 heteroatoms. The van der Waals surface area contributed by atoms with Crippen molar-refractivity contribution in [1.82, 2.24) is 10.6 Å². The summed E-state index contributed by atoms with van der Waals surface area (Å²) in [7, 11) is 0. The molecule has 0 rings (SSSR count). The Labute approximate surface area is 110 Å². The Morgan fingerprint density at radius 2 is 1.94 bits per heavy atom. The fourth-order valence-corrected chi connectivity index (χ4v) is 1.76. The van der Waals surface area contributed by atoms with E-state index >= 15 is 0 Å². The summed E-state index contributed by atoms with van der Waals surface area (Å²) in [6.45, 7) is 11.8. The first-order valence-electron chi connectivity index (χ1n) is 6.58. The maximum absolute atomic E-state index is 11.5. The highest BCUT2D eigenvalue weighted by Gasteiger charge is 2.30. The molecule has 5 nitrogen and oxygen atoms in total. The molecule has 0 aromatic carbocycles. The van der Waals surface area contributed by atoms with Crippen LogP contribution in [0.4, 0.5) is 4.79 Å². The van der Waals surface area contributed by atoms with Gasteiger partial charge in [0.1, 0.15) is 0 Å². The number of rotatable bonds is 8.